The number of para-hydroxylation sites is 1. The van der Waals surface area contributed by atoms with Gasteiger partial charge in [-0.3, -0.25) is 14.5 Å². The summed E-state index contributed by atoms with van der Waals surface area (Å²) >= 11 is 0. The highest BCUT2D eigenvalue weighted by atomic mass is 16.5. The molecule has 0 spiro atoms. The van der Waals surface area contributed by atoms with E-state index < -0.39 is 17.5 Å². The van der Waals surface area contributed by atoms with Crippen molar-refractivity contribution in [1.29, 1.82) is 0 Å². The van der Waals surface area contributed by atoms with Crippen LogP contribution in [0.5, 0.6) is 5.75 Å². The molecule has 3 aromatic carbocycles. The van der Waals surface area contributed by atoms with E-state index in [4.69, 9.17) is 4.74 Å². The average molecular weight is 428 g/mol. The van der Waals surface area contributed by atoms with E-state index in [0.717, 1.165) is 10.5 Å². The normalized spacial score (nSPS) is 18.2. The Bertz CT molecular complexity index is 1150. The molecule has 0 radical (unpaired) electrons. The predicted octanol–water partition coefficient (Wildman–Crippen LogP) is 4.26. The molecule has 1 unspecified atom stereocenters. The predicted molar refractivity (Wildman–Crippen MR) is 120 cm³/mol. The van der Waals surface area contributed by atoms with Crippen molar-refractivity contribution in [2.24, 2.45) is 0 Å². The van der Waals surface area contributed by atoms with E-state index in [1.807, 2.05) is 36.4 Å². The first-order chi connectivity index (χ1) is 15.4. The molecule has 0 bridgehead atoms. The minimum absolute atomic E-state index is 0.293. The minimum atomic E-state index is -1.29. The maximum Gasteiger partial charge on any atom is 0.328 e. The van der Waals surface area contributed by atoms with Gasteiger partial charge < -0.3 is 9.64 Å². The van der Waals surface area contributed by atoms with Crippen molar-refractivity contribution in [3.8, 4) is 5.75 Å². The van der Waals surface area contributed by atoms with Crippen LogP contribution in [-0.2, 0) is 16.9 Å². The van der Waals surface area contributed by atoms with Gasteiger partial charge in [0, 0.05) is 18.2 Å². The Morgan fingerprint density at radius 2 is 1.47 bits per heavy atom. The van der Waals surface area contributed by atoms with Crippen LogP contribution in [0.15, 0.2) is 84.9 Å². The summed E-state index contributed by atoms with van der Waals surface area (Å²) in [6.07, 6.45) is 0. The van der Waals surface area contributed by atoms with Gasteiger partial charge in [0.25, 0.3) is 5.91 Å². The lowest BCUT2D eigenvalue weighted by Gasteiger charge is -2.30. The molecule has 162 valence electrons. The molecule has 6 nitrogen and oxygen atoms in total. The third-order valence-electron chi connectivity index (χ3n) is 5.90. The van der Waals surface area contributed by atoms with Crippen molar-refractivity contribution in [3.05, 3.63) is 102 Å². The highest BCUT2D eigenvalue weighted by molar-refractivity contribution is 6.11. The Kier molecular flexibility index (Phi) is 5.77. The van der Waals surface area contributed by atoms with Crippen LogP contribution in [-0.4, -0.2) is 41.1 Å². The van der Waals surface area contributed by atoms with Gasteiger partial charge in [0.1, 0.15) is 17.9 Å². The molecular formula is C26H24N2O4. The van der Waals surface area contributed by atoms with Crippen LogP contribution in [0.25, 0.3) is 0 Å². The van der Waals surface area contributed by atoms with Gasteiger partial charge in [-0.25, -0.2) is 4.79 Å². The van der Waals surface area contributed by atoms with E-state index in [9.17, 15) is 14.4 Å². The van der Waals surface area contributed by atoms with E-state index in [1.54, 1.807) is 62.5 Å². The Morgan fingerprint density at radius 3 is 2.16 bits per heavy atom. The van der Waals surface area contributed by atoms with E-state index in [0.29, 0.717) is 23.5 Å². The van der Waals surface area contributed by atoms with Gasteiger partial charge in [0.15, 0.2) is 5.78 Å². The Balaban J connectivity index is 1.61. The summed E-state index contributed by atoms with van der Waals surface area (Å²) in [7, 11) is 1.57. The SMILES string of the molecule is CN1C(=O)N(CC(=O)c2ccccc2)C(=O)C1(C)c1ccccc1OCc1ccccc1. The van der Waals surface area contributed by atoms with Crippen molar-refractivity contribution in [2.45, 2.75) is 19.1 Å². The van der Waals surface area contributed by atoms with Crippen molar-refractivity contribution in [1.82, 2.24) is 9.80 Å². The Hall–Kier alpha value is -3.93. The molecule has 1 aliphatic rings. The van der Waals surface area contributed by atoms with Crippen LogP contribution >= 0.6 is 0 Å². The average Bonchev–Trinajstić information content (AvgIpc) is 3.00. The maximum atomic E-state index is 13.5. The third-order valence-corrected chi connectivity index (χ3v) is 5.90. The van der Waals surface area contributed by atoms with Gasteiger partial charge >= 0.3 is 6.03 Å². The number of ketones is 1. The van der Waals surface area contributed by atoms with Crippen LogP contribution in [0, 0.1) is 0 Å². The van der Waals surface area contributed by atoms with Gasteiger partial charge in [0.2, 0.25) is 0 Å². The number of urea groups is 1. The van der Waals surface area contributed by atoms with Crippen molar-refractivity contribution >= 4 is 17.7 Å². The number of Topliss-reactive ketones (excluding diaryl/α,β-unsaturated/α-hetero) is 1. The molecule has 32 heavy (non-hydrogen) atoms. The molecule has 6 heteroatoms. The molecule has 0 aliphatic carbocycles. The summed E-state index contributed by atoms with van der Waals surface area (Å²) < 4.78 is 6.04. The second-order valence-corrected chi connectivity index (χ2v) is 7.86. The number of rotatable bonds is 7. The summed E-state index contributed by atoms with van der Waals surface area (Å²) in [4.78, 5) is 41.6. The lowest BCUT2D eigenvalue weighted by atomic mass is 9.89. The summed E-state index contributed by atoms with van der Waals surface area (Å²) in [6.45, 7) is 1.70. The minimum Gasteiger partial charge on any atom is -0.489 e. The van der Waals surface area contributed by atoms with Crippen LogP contribution < -0.4 is 4.74 Å². The fraction of sp³-hybridized carbons (Fsp3) is 0.192. The van der Waals surface area contributed by atoms with E-state index in [1.165, 1.54) is 4.90 Å². The fourth-order valence-electron chi connectivity index (χ4n) is 3.89. The van der Waals surface area contributed by atoms with Crippen LogP contribution in [0.3, 0.4) is 0 Å². The van der Waals surface area contributed by atoms with Gasteiger partial charge in [0.05, 0.1) is 6.54 Å². The number of hydrogen-bond donors (Lipinski definition) is 0. The standard InChI is InChI=1S/C26H24N2O4/c1-26(21-15-9-10-16-23(21)32-18-19-11-5-3-6-12-19)24(30)28(25(31)27(26)2)17-22(29)20-13-7-4-8-14-20/h3-16H,17-18H2,1-2H3. The number of imide groups is 1. The Morgan fingerprint density at radius 1 is 0.875 bits per heavy atom. The molecule has 1 fully saturated rings. The van der Waals surface area contributed by atoms with Crippen LogP contribution in [0.1, 0.15) is 28.4 Å². The Labute approximate surface area is 187 Å². The highest BCUT2D eigenvalue weighted by Crippen LogP contribution is 2.40. The molecule has 1 heterocycles. The molecule has 3 amide bonds. The second-order valence-electron chi connectivity index (χ2n) is 7.86. The van der Waals surface area contributed by atoms with Gasteiger partial charge in [-0.05, 0) is 18.6 Å². The number of ether oxygens (including phenoxy) is 1. The lowest BCUT2D eigenvalue weighted by molar-refractivity contribution is -0.132. The van der Waals surface area contributed by atoms with Gasteiger partial charge in [-0.2, -0.15) is 0 Å². The zero-order valence-electron chi connectivity index (χ0n) is 18.0. The fourth-order valence-corrected chi connectivity index (χ4v) is 3.89. The summed E-state index contributed by atoms with van der Waals surface area (Å²) in [5, 5.41) is 0. The zero-order valence-corrected chi connectivity index (χ0v) is 18.0. The highest BCUT2D eigenvalue weighted by Gasteiger charge is 2.55. The lowest BCUT2D eigenvalue weighted by Crippen LogP contribution is -2.42. The largest absolute Gasteiger partial charge is 0.489 e. The zero-order chi connectivity index (χ0) is 22.7. The summed E-state index contributed by atoms with van der Waals surface area (Å²) in [5.41, 5.74) is 0.730. The molecule has 0 saturated carbocycles. The molecule has 1 atom stereocenters. The molecule has 0 aromatic heterocycles. The quantitative estimate of drug-likeness (QED) is 0.417. The number of carbonyl (C=O) groups is 3. The first-order valence-electron chi connectivity index (χ1n) is 10.4. The monoisotopic (exact) mass is 428 g/mol. The summed E-state index contributed by atoms with van der Waals surface area (Å²) in [5.74, 6) is -0.230. The second kappa shape index (κ2) is 8.67. The van der Waals surface area contributed by atoms with E-state index >= 15 is 0 Å². The summed E-state index contributed by atoms with van der Waals surface area (Å²) in [6, 6.07) is 25.0. The smallest absolute Gasteiger partial charge is 0.328 e. The molecule has 4 rings (SSSR count). The molecule has 3 aromatic rings. The molecule has 1 aliphatic heterocycles. The van der Waals surface area contributed by atoms with Crippen LogP contribution in [0.2, 0.25) is 0 Å². The van der Waals surface area contributed by atoms with Gasteiger partial charge in [-0.15, -0.1) is 0 Å². The van der Waals surface area contributed by atoms with Crippen LogP contribution in [0.4, 0.5) is 4.79 Å². The number of nitrogens with zero attached hydrogens (tertiary/aromatic N) is 2. The van der Waals surface area contributed by atoms with Crippen molar-refractivity contribution < 1.29 is 19.1 Å². The molecule has 0 N–H and O–H groups in total. The number of likely N-dealkylation sites (N-methyl/N-ethyl adjacent to an activating group) is 1. The topological polar surface area (TPSA) is 66.9 Å². The first-order valence-corrected chi connectivity index (χ1v) is 10.4. The van der Waals surface area contributed by atoms with Crippen molar-refractivity contribution in [3.63, 3.8) is 0 Å². The first kappa shape index (κ1) is 21.3. The number of hydrogen-bond acceptors (Lipinski definition) is 4. The number of amides is 3. The molecule has 1 saturated heterocycles. The van der Waals surface area contributed by atoms with Crippen molar-refractivity contribution in [2.75, 3.05) is 13.6 Å². The number of carbonyl (C=O) groups excluding carboxylic acids is 3. The molecular weight excluding hydrogens is 404 g/mol. The number of benzene rings is 3. The van der Waals surface area contributed by atoms with E-state index in [-0.39, 0.29) is 12.3 Å². The maximum absolute atomic E-state index is 13.5. The van der Waals surface area contributed by atoms with E-state index in [2.05, 4.69) is 0 Å². The van der Waals surface area contributed by atoms with Gasteiger partial charge in [-0.1, -0.05) is 78.9 Å². The third kappa shape index (κ3) is 3.75.